The molecule has 1 fully saturated rings. The highest BCUT2D eigenvalue weighted by atomic mass is 15.2. The van der Waals surface area contributed by atoms with Crippen molar-refractivity contribution in [3.63, 3.8) is 0 Å². The van der Waals surface area contributed by atoms with Gasteiger partial charge in [0.25, 0.3) is 0 Å². The standard InChI is InChI=1S/C17H29N3/c1-14-8-5-6-9-15(14)16(18)12-20(4)13-17(19(2)3)10-7-11-17/h5-6,8-9,16H,7,10-13,18H2,1-4H3. The first kappa shape index (κ1) is 15.5. The Morgan fingerprint density at radius 3 is 2.35 bits per heavy atom. The number of hydrogen-bond donors (Lipinski definition) is 1. The third kappa shape index (κ3) is 3.22. The van der Waals surface area contributed by atoms with Crippen LogP contribution in [-0.4, -0.2) is 49.6 Å². The highest BCUT2D eigenvalue weighted by Gasteiger charge is 2.39. The summed E-state index contributed by atoms with van der Waals surface area (Å²) in [6, 6.07) is 8.54. The van der Waals surface area contributed by atoms with Crippen LogP contribution in [0.1, 0.15) is 36.4 Å². The first-order valence-corrected chi connectivity index (χ1v) is 7.62. The Balaban J connectivity index is 1.94. The van der Waals surface area contributed by atoms with Crippen molar-refractivity contribution in [3.8, 4) is 0 Å². The minimum atomic E-state index is 0.0977. The minimum absolute atomic E-state index is 0.0977. The molecule has 3 nitrogen and oxygen atoms in total. The van der Waals surface area contributed by atoms with Crippen LogP contribution < -0.4 is 5.73 Å². The monoisotopic (exact) mass is 275 g/mol. The fraction of sp³-hybridized carbons (Fsp3) is 0.647. The summed E-state index contributed by atoms with van der Waals surface area (Å²) < 4.78 is 0. The van der Waals surface area contributed by atoms with Gasteiger partial charge in [0, 0.05) is 24.7 Å². The summed E-state index contributed by atoms with van der Waals surface area (Å²) in [6.07, 6.45) is 3.98. The van der Waals surface area contributed by atoms with Crippen molar-refractivity contribution in [2.24, 2.45) is 5.73 Å². The van der Waals surface area contributed by atoms with Crippen molar-refractivity contribution in [2.45, 2.75) is 37.8 Å². The predicted octanol–water partition coefficient (Wildman–Crippen LogP) is 2.41. The molecule has 1 aromatic carbocycles. The quantitative estimate of drug-likeness (QED) is 0.865. The maximum atomic E-state index is 6.40. The molecule has 0 aliphatic heterocycles. The van der Waals surface area contributed by atoms with E-state index in [4.69, 9.17) is 5.73 Å². The molecule has 0 aromatic heterocycles. The van der Waals surface area contributed by atoms with Gasteiger partial charge in [0.05, 0.1) is 0 Å². The number of nitrogens with two attached hydrogens (primary N) is 1. The Hall–Kier alpha value is -0.900. The lowest BCUT2D eigenvalue weighted by atomic mass is 9.75. The van der Waals surface area contributed by atoms with Crippen LogP contribution in [0.15, 0.2) is 24.3 Å². The second-order valence-corrected chi connectivity index (χ2v) is 6.63. The lowest BCUT2D eigenvalue weighted by molar-refractivity contribution is 0.0265. The maximum absolute atomic E-state index is 6.40. The Labute approximate surface area is 123 Å². The van der Waals surface area contributed by atoms with Gasteiger partial charge in [-0.25, -0.2) is 0 Å². The number of benzene rings is 1. The highest BCUT2D eigenvalue weighted by molar-refractivity contribution is 5.28. The molecule has 0 radical (unpaired) electrons. The van der Waals surface area contributed by atoms with Crippen LogP contribution >= 0.6 is 0 Å². The van der Waals surface area contributed by atoms with Gasteiger partial charge in [-0.15, -0.1) is 0 Å². The normalized spacial score (nSPS) is 19.1. The van der Waals surface area contributed by atoms with Gasteiger partial charge < -0.3 is 15.5 Å². The number of likely N-dealkylation sites (N-methyl/N-ethyl adjacent to an activating group) is 2. The molecule has 112 valence electrons. The smallest absolute Gasteiger partial charge is 0.0426 e. The van der Waals surface area contributed by atoms with Gasteiger partial charge in [0.1, 0.15) is 0 Å². The van der Waals surface area contributed by atoms with E-state index < -0.39 is 0 Å². The van der Waals surface area contributed by atoms with E-state index in [1.807, 2.05) is 0 Å². The van der Waals surface area contributed by atoms with Gasteiger partial charge in [-0.05, 0) is 58.5 Å². The molecule has 0 spiro atoms. The van der Waals surface area contributed by atoms with Crippen LogP contribution in [0.3, 0.4) is 0 Å². The van der Waals surface area contributed by atoms with Crippen LogP contribution in [0.2, 0.25) is 0 Å². The first-order valence-electron chi connectivity index (χ1n) is 7.62. The molecular weight excluding hydrogens is 246 g/mol. The summed E-state index contributed by atoms with van der Waals surface area (Å²) in [5.41, 5.74) is 9.33. The summed E-state index contributed by atoms with van der Waals surface area (Å²) in [5, 5.41) is 0. The fourth-order valence-corrected chi connectivity index (χ4v) is 3.34. The molecule has 1 unspecified atom stereocenters. The van der Waals surface area contributed by atoms with Crippen molar-refractivity contribution >= 4 is 0 Å². The summed E-state index contributed by atoms with van der Waals surface area (Å²) in [6.45, 7) is 4.17. The summed E-state index contributed by atoms with van der Waals surface area (Å²) in [4.78, 5) is 4.79. The molecule has 0 heterocycles. The lowest BCUT2D eigenvalue weighted by Gasteiger charge is -2.49. The zero-order chi connectivity index (χ0) is 14.8. The zero-order valence-corrected chi connectivity index (χ0v) is 13.4. The van der Waals surface area contributed by atoms with E-state index >= 15 is 0 Å². The van der Waals surface area contributed by atoms with E-state index in [0.717, 1.165) is 13.1 Å². The van der Waals surface area contributed by atoms with Crippen molar-refractivity contribution in [3.05, 3.63) is 35.4 Å². The van der Waals surface area contributed by atoms with Crippen LogP contribution in [0.25, 0.3) is 0 Å². The van der Waals surface area contributed by atoms with Gasteiger partial charge >= 0.3 is 0 Å². The second-order valence-electron chi connectivity index (χ2n) is 6.63. The van der Waals surface area contributed by atoms with Crippen molar-refractivity contribution in [1.29, 1.82) is 0 Å². The molecular formula is C17H29N3. The molecule has 2 rings (SSSR count). The highest BCUT2D eigenvalue weighted by Crippen LogP contribution is 2.36. The number of hydrogen-bond acceptors (Lipinski definition) is 3. The molecule has 1 saturated carbocycles. The lowest BCUT2D eigenvalue weighted by Crippen LogP contribution is -2.57. The third-order valence-corrected chi connectivity index (χ3v) is 4.89. The van der Waals surface area contributed by atoms with E-state index in [1.165, 1.54) is 30.4 Å². The molecule has 0 saturated heterocycles. The molecule has 3 heteroatoms. The van der Waals surface area contributed by atoms with Crippen LogP contribution in [-0.2, 0) is 0 Å². The Morgan fingerprint density at radius 2 is 1.85 bits per heavy atom. The van der Waals surface area contributed by atoms with E-state index in [1.54, 1.807) is 0 Å². The van der Waals surface area contributed by atoms with Gasteiger partial charge in [0.2, 0.25) is 0 Å². The van der Waals surface area contributed by atoms with Crippen LogP contribution in [0.4, 0.5) is 0 Å². The molecule has 0 bridgehead atoms. The average Bonchev–Trinajstić information content (AvgIpc) is 2.33. The molecule has 20 heavy (non-hydrogen) atoms. The molecule has 2 N–H and O–H groups in total. The van der Waals surface area contributed by atoms with Crippen LogP contribution in [0.5, 0.6) is 0 Å². The van der Waals surface area contributed by atoms with Gasteiger partial charge in [-0.1, -0.05) is 24.3 Å². The largest absolute Gasteiger partial charge is 0.323 e. The second kappa shape index (κ2) is 6.25. The maximum Gasteiger partial charge on any atom is 0.0426 e. The Kier molecular flexibility index (Phi) is 4.84. The Bertz CT molecular complexity index is 438. The summed E-state index contributed by atoms with van der Waals surface area (Å²) in [7, 11) is 6.60. The zero-order valence-electron chi connectivity index (χ0n) is 13.4. The molecule has 1 aromatic rings. The number of aryl methyl sites for hydroxylation is 1. The topological polar surface area (TPSA) is 32.5 Å². The average molecular weight is 275 g/mol. The molecule has 1 aliphatic rings. The summed E-state index contributed by atoms with van der Waals surface area (Å²) >= 11 is 0. The van der Waals surface area contributed by atoms with Crippen LogP contribution in [0, 0.1) is 6.92 Å². The molecule has 0 amide bonds. The van der Waals surface area contributed by atoms with Crippen molar-refractivity contribution < 1.29 is 0 Å². The predicted molar refractivity (Wildman–Crippen MR) is 85.9 cm³/mol. The molecule has 1 atom stereocenters. The van der Waals surface area contributed by atoms with Gasteiger partial charge in [-0.3, -0.25) is 0 Å². The number of rotatable bonds is 6. The number of nitrogens with zero attached hydrogens (tertiary/aromatic N) is 2. The SMILES string of the molecule is Cc1ccccc1C(N)CN(C)CC1(N(C)C)CCC1. The van der Waals surface area contributed by atoms with E-state index in [0.29, 0.717) is 5.54 Å². The summed E-state index contributed by atoms with van der Waals surface area (Å²) in [5.74, 6) is 0. The van der Waals surface area contributed by atoms with Gasteiger partial charge in [-0.2, -0.15) is 0 Å². The molecule has 1 aliphatic carbocycles. The fourth-order valence-electron chi connectivity index (χ4n) is 3.34. The third-order valence-electron chi connectivity index (χ3n) is 4.89. The Morgan fingerprint density at radius 1 is 1.20 bits per heavy atom. The first-order chi connectivity index (χ1) is 9.44. The van der Waals surface area contributed by atoms with Crippen molar-refractivity contribution in [2.75, 3.05) is 34.2 Å². The van der Waals surface area contributed by atoms with Crippen molar-refractivity contribution in [1.82, 2.24) is 9.80 Å². The van der Waals surface area contributed by atoms with E-state index in [-0.39, 0.29) is 6.04 Å². The van der Waals surface area contributed by atoms with Gasteiger partial charge in [0.15, 0.2) is 0 Å². The minimum Gasteiger partial charge on any atom is -0.323 e. The van der Waals surface area contributed by atoms with E-state index in [9.17, 15) is 0 Å². The van der Waals surface area contributed by atoms with E-state index in [2.05, 4.69) is 62.1 Å².